The zero-order chi connectivity index (χ0) is 15.8. The quantitative estimate of drug-likeness (QED) is 0.635. The number of aliphatic hydroxyl groups excluding tert-OH is 1. The van der Waals surface area contributed by atoms with Crippen LogP contribution in [-0.4, -0.2) is 23.8 Å². The lowest BCUT2D eigenvalue weighted by Crippen LogP contribution is -2.25. The van der Waals surface area contributed by atoms with Gasteiger partial charge in [0.2, 0.25) is 0 Å². The first kappa shape index (κ1) is 15.7. The van der Waals surface area contributed by atoms with Crippen LogP contribution in [0.5, 0.6) is 5.75 Å². The molecule has 5 nitrogen and oxygen atoms in total. The third-order valence-electron chi connectivity index (χ3n) is 2.94. The molecule has 114 valence electrons. The van der Waals surface area contributed by atoms with E-state index in [0.29, 0.717) is 12.2 Å². The second-order valence-electron chi connectivity index (χ2n) is 4.55. The van der Waals surface area contributed by atoms with E-state index in [0.717, 1.165) is 11.3 Å². The minimum absolute atomic E-state index is 0.524. The van der Waals surface area contributed by atoms with Crippen LogP contribution < -0.4 is 10.2 Å². The minimum atomic E-state index is -1.24. The molecule has 2 aromatic carbocycles. The highest BCUT2D eigenvalue weighted by Crippen LogP contribution is 2.12. The third kappa shape index (κ3) is 4.43. The number of hydrogen-bond donors (Lipinski definition) is 2. The Kier molecular flexibility index (Phi) is 5.68. The normalized spacial score (nSPS) is 12.1. The molecule has 1 unspecified atom stereocenters. The number of carbonyl (C=O) groups excluding carboxylic acids is 1. The van der Waals surface area contributed by atoms with Gasteiger partial charge in [-0.3, -0.25) is 4.79 Å². The van der Waals surface area contributed by atoms with Crippen molar-refractivity contribution in [3.05, 3.63) is 65.7 Å². The summed E-state index contributed by atoms with van der Waals surface area (Å²) in [5.74, 6) is 0.205. The van der Waals surface area contributed by atoms with Crippen LogP contribution >= 0.6 is 0 Å². The molecule has 0 aliphatic heterocycles. The van der Waals surface area contributed by atoms with E-state index in [9.17, 15) is 9.90 Å². The molecular formula is C17H18N2O3. The molecule has 0 spiro atoms. The second kappa shape index (κ2) is 7.95. The van der Waals surface area contributed by atoms with E-state index in [1.54, 1.807) is 24.3 Å². The molecule has 22 heavy (non-hydrogen) atoms. The molecule has 0 heterocycles. The summed E-state index contributed by atoms with van der Waals surface area (Å²) in [7, 11) is 0. The van der Waals surface area contributed by atoms with E-state index in [2.05, 4.69) is 10.5 Å². The summed E-state index contributed by atoms with van der Waals surface area (Å²) in [6.45, 7) is 2.53. The number of nitrogens with zero attached hydrogens (tertiary/aromatic N) is 1. The predicted molar refractivity (Wildman–Crippen MR) is 84.7 cm³/mol. The smallest absolute Gasteiger partial charge is 0.273 e. The van der Waals surface area contributed by atoms with Crippen molar-refractivity contribution in [2.24, 2.45) is 5.10 Å². The van der Waals surface area contributed by atoms with Gasteiger partial charge in [0.25, 0.3) is 5.91 Å². The number of nitrogens with one attached hydrogen (secondary N) is 1. The van der Waals surface area contributed by atoms with Gasteiger partial charge in [0.05, 0.1) is 12.8 Å². The van der Waals surface area contributed by atoms with Crippen molar-refractivity contribution in [2.45, 2.75) is 13.0 Å². The maximum Gasteiger partial charge on any atom is 0.273 e. The number of rotatable bonds is 6. The van der Waals surface area contributed by atoms with Gasteiger partial charge in [-0.15, -0.1) is 0 Å². The zero-order valence-electron chi connectivity index (χ0n) is 12.3. The van der Waals surface area contributed by atoms with Crippen molar-refractivity contribution >= 4 is 12.1 Å². The third-order valence-corrected chi connectivity index (χ3v) is 2.94. The first-order chi connectivity index (χ1) is 10.7. The molecular weight excluding hydrogens is 280 g/mol. The van der Waals surface area contributed by atoms with Gasteiger partial charge in [-0.1, -0.05) is 30.3 Å². The van der Waals surface area contributed by atoms with Gasteiger partial charge in [0.1, 0.15) is 5.75 Å². The van der Waals surface area contributed by atoms with Crippen molar-refractivity contribution in [3.8, 4) is 5.75 Å². The Labute approximate surface area is 129 Å². The molecule has 0 aliphatic rings. The van der Waals surface area contributed by atoms with E-state index in [-0.39, 0.29) is 0 Å². The van der Waals surface area contributed by atoms with E-state index in [1.807, 2.05) is 37.3 Å². The highest BCUT2D eigenvalue weighted by Gasteiger charge is 2.15. The number of hydrogen-bond acceptors (Lipinski definition) is 4. The maximum absolute atomic E-state index is 11.8. The summed E-state index contributed by atoms with van der Waals surface area (Å²) in [5.41, 5.74) is 3.66. The summed E-state index contributed by atoms with van der Waals surface area (Å²) in [6, 6.07) is 16.0. The molecule has 0 aromatic heterocycles. The minimum Gasteiger partial charge on any atom is -0.494 e. The molecule has 0 fully saturated rings. The molecule has 0 bridgehead atoms. The number of carbonyl (C=O) groups is 1. The summed E-state index contributed by atoms with van der Waals surface area (Å²) < 4.78 is 5.34. The van der Waals surface area contributed by atoms with Crippen LogP contribution in [0.3, 0.4) is 0 Å². The SMILES string of the molecule is CCOc1ccc(/C=N/NC(=O)C(O)c2ccccc2)cc1. The lowest BCUT2D eigenvalue weighted by molar-refractivity contribution is -0.129. The monoisotopic (exact) mass is 298 g/mol. The lowest BCUT2D eigenvalue weighted by atomic mass is 10.1. The molecule has 0 saturated carbocycles. The summed E-state index contributed by atoms with van der Waals surface area (Å²) >= 11 is 0. The van der Waals surface area contributed by atoms with E-state index in [1.165, 1.54) is 6.21 Å². The summed E-state index contributed by atoms with van der Waals surface area (Å²) in [4.78, 5) is 11.8. The Bertz CT molecular complexity index is 624. The van der Waals surface area contributed by atoms with Crippen LogP contribution in [0.15, 0.2) is 59.7 Å². The van der Waals surface area contributed by atoms with Crippen LogP contribution in [0.4, 0.5) is 0 Å². The summed E-state index contributed by atoms with van der Waals surface area (Å²) in [5, 5.41) is 13.7. The van der Waals surface area contributed by atoms with Crippen molar-refractivity contribution < 1.29 is 14.6 Å². The molecule has 0 aliphatic carbocycles. The predicted octanol–water partition coefficient (Wildman–Crippen LogP) is 2.27. The molecule has 1 amide bonds. The molecule has 2 rings (SSSR count). The topological polar surface area (TPSA) is 70.9 Å². The van der Waals surface area contributed by atoms with Crippen LogP contribution in [-0.2, 0) is 4.79 Å². The number of ether oxygens (including phenoxy) is 1. The molecule has 5 heteroatoms. The lowest BCUT2D eigenvalue weighted by Gasteiger charge is -2.08. The van der Waals surface area contributed by atoms with Crippen molar-refractivity contribution in [1.82, 2.24) is 5.43 Å². The Hall–Kier alpha value is -2.66. The Morgan fingerprint density at radius 2 is 1.91 bits per heavy atom. The van der Waals surface area contributed by atoms with Crippen LogP contribution in [0.1, 0.15) is 24.2 Å². The van der Waals surface area contributed by atoms with E-state index >= 15 is 0 Å². The number of amides is 1. The highest BCUT2D eigenvalue weighted by atomic mass is 16.5. The molecule has 1 atom stereocenters. The van der Waals surface area contributed by atoms with Gasteiger partial charge in [-0.25, -0.2) is 5.43 Å². The molecule has 0 saturated heterocycles. The van der Waals surface area contributed by atoms with Gasteiger partial charge < -0.3 is 9.84 Å². The fourth-order valence-corrected chi connectivity index (χ4v) is 1.84. The van der Waals surface area contributed by atoms with Gasteiger partial charge in [-0.2, -0.15) is 5.10 Å². The molecule has 0 radical (unpaired) electrons. The van der Waals surface area contributed by atoms with Gasteiger partial charge in [-0.05, 0) is 42.3 Å². The van der Waals surface area contributed by atoms with Crippen LogP contribution in [0.2, 0.25) is 0 Å². The van der Waals surface area contributed by atoms with Crippen LogP contribution in [0, 0.1) is 0 Å². The Balaban J connectivity index is 1.90. The number of aliphatic hydroxyl groups is 1. The van der Waals surface area contributed by atoms with Crippen molar-refractivity contribution in [1.29, 1.82) is 0 Å². The largest absolute Gasteiger partial charge is 0.494 e. The maximum atomic E-state index is 11.8. The molecule has 2 aromatic rings. The zero-order valence-corrected chi connectivity index (χ0v) is 12.3. The Morgan fingerprint density at radius 3 is 2.55 bits per heavy atom. The first-order valence-electron chi connectivity index (χ1n) is 6.99. The fourth-order valence-electron chi connectivity index (χ4n) is 1.84. The van der Waals surface area contributed by atoms with E-state index in [4.69, 9.17) is 4.74 Å². The fraction of sp³-hybridized carbons (Fsp3) is 0.176. The van der Waals surface area contributed by atoms with Gasteiger partial charge in [0, 0.05) is 0 Å². The Morgan fingerprint density at radius 1 is 1.23 bits per heavy atom. The van der Waals surface area contributed by atoms with Crippen molar-refractivity contribution in [2.75, 3.05) is 6.61 Å². The van der Waals surface area contributed by atoms with Gasteiger partial charge in [0.15, 0.2) is 6.10 Å². The molecule has 2 N–H and O–H groups in total. The van der Waals surface area contributed by atoms with Gasteiger partial charge >= 0.3 is 0 Å². The van der Waals surface area contributed by atoms with Crippen molar-refractivity contribution in [3.63, 3.8) is 0 Å². The number of hydrazone groups is 1. The number of benzene rings is 2. The van der Waals surface area contributed by atoms with E-state index < -0.39 is 12.0 Å². The van der Waals surface area contributed by atoms with Crippen LogP contribution in [0.25, 0.3) is 0 Å². The average Bonchev–Trinajstić information content (AvgIpc) is 2.56. The first-order valence-corrected chi connectivity index (χ1v) is 6.99. The summed E-state index contributed by atoms with van der Waals surface area (Å²) in [6.07, 6.45) is 0.268. The highest BCUT2D eigenvalue weighted by molar-refractivity contribution is 5.85. The second-order valence-corrected chi connectivity index (χ2v) is 4.55. The standard InChI is InChI=1S/C17H18N2O3/c1-2-22-15-10-8-13(9-11-15)12-18-19-17(21)16(20)14-6-4-3-5-7-14/h3-12,16,20H,2H2,1H3,(H,19,21)/b18-12+. The average molecular weight is 298 g/mol.